The summed E-state index contributed by atoms with van der Waals surface area (Å²) in [5, 5.41) is 2.93. The molecule has 144 valence electrons. The topological polar surface area (TPSA) is 60.0 Å². The number of carbonyl (C=O) groups is 1. The van der Waals surface area contributed by atoms with Gasteiger partial charge in [0.2, 0.25) is 0 Å². The number of anilines is 2. The van der Waals surface area contributed by atoms with Crippen LogP contribution in [-0.4, -0.2) is 45.4 Å². The van der Waals surface area contributed by atoms with E-state index in [-0.39, 0.29) is 5.91 Å². The molecule has 3 rings (SSSR count). The average molecular weight is 370 g/mol. The first-order chi connectivity index (χ1) is 13.2. The van der Waals surface area contributed by atoms with Gasteiger partial charge in [-0.2, -0.15) is 0 Å². The highest BCUT2D eigenvalue weighted by Crippen LogP contribution is 2.27. The first kappa shape index (κ1) is 19.0. The molecule has 2 aromatic rings. The molecule has 0 unspecified atom stereocenters. The van der Waals surface area contributed by atoms with Crippen LogP contribution in [0, 0.1) is 0 Å². The van der Waals surface area contributed by atoms with E-state index >= 15 is 0 Å². The number of carbonyl (C=O) groups excluding carboxylic acids is 1. The molecule has 0 aromatic heterocycles. The van der Waals surface area contributed by atoms with E-state index in [0.29, 0.717) is 17.9 Å². The third kappa shape index (κ3) is 4.92. The zero-order chi connectivity index (χ0) is 19.1. The van der Waals surface area contributed by atoms with Crippen LogP contribution in [0.3, 0.4) is 0 Å². The summed E-state index contributed by atoms with van der Waals surface area (Å²) in [6.45, 7) is 5.18. The van der Waals surface area contributed by atoms with Gasteiger partial charge in [0.25, 0.3) is 5.91 Å². The van der Waals surface area contributed by atoms with Crippen LogP contribution in [0.15, 0.2) is 48.5 Å². The normalized spacial score (nSPS) is 15.1. The number of rotatable bonds is 7. The predicted octanol–water partition coefficient (Wildman–Crippen LogP) is 3.33. The lowest BCUT2D eigenvalue weighted by molar-refractivity contribution is -0.122. The van der Waals surface area contributed by atoms with Crippen molar-refractivity contribution in [3.8, 4) is 11.5 Å². The van der Waals surface area contributed by atoms with Gasteiger partial charge in [-0.1, -0.05) is 19.1 Å². The van der Waals surface area contributed by atoms with Crippen LogP contribution in [-0.2, 0) is 9.53 Å². The van der Waals surface area contributed by atoms with E-state index in [2.05, 4.69) is 10.2 Å². The van der Waals surface area contributed by atoms with Crippen molar-refractivity contribution in [3.63, 3.8) is 0 Å². The Kier molecular flexibility index (Phi) is 6.54. The van der Waals surface area contributed by atoms with Crippen LogP contribution >= 0.6 is 0 Å². The summed E-state index contributed by atoms with van der Waals surface area (Å²) in [4.78, 5) is 14.9. The minimum Gasteiger partial charge on any atom is -0.493 e. The summed E-state index contributed by atoms with van der Waals surface area (Å²) >= 11 is 0. The van der Waals surface area contributed by atoms with Crippen LogP contribution in [0.2, 0.25) is 0 Å². The van der Waals surface area contributed by atoms with Crippen LogP contribution < -0.4 is 19.7 Å². The minimum atomic E-state index is -0.597. The Balaban J connectivity index is 1.62. The van der Waals surface area contributed by atoms with E-state index in [4.69, 9.17) is 14.2 Å². The lowest BCUT2D eigenvalue weighted by atomic mass is 10.2. The molecule has 6 heteroatoms. The Morgan fingerprint density at radius 3 is 2.41 bits per heavy atom. The SMILES string of the molecule is CC[C@@H](Oc1ccccc1OC)C(=O)Nc1ccc(N2CCOCC2)cc1. The fourth-order valence-electron chi connectivity index (χ4n) is 2.99. The summed E-state index contributed by atoms with van der Waals surface area (Å²) in [7, 11) is 1.58. The van der Waals surface area contributed by atoms with Gasteiger partial charge in [-0.15, -0.1) is 0 Å². The van der Waals surface area contributed by atoms with E-state index in [9.17, 15) is 4.79 Å². The smallest absolute Gasteiger partial charge is 0.265 e. The standard InChI is InChI=1S/C21H26N2O4/c1-3-18(27-20-7-5-4-6-19(20)25-2)21(24)22-16-8-10-17(11-9-16)23-12-14-26-15-13-23/h4-11,18H,3,12-15H2,1-2H3,(H,22,24)/t18-/m1/s1. The average Bonchev–Trinajstić information content (AvgIpc) is 2.73. The lowest BCUT2D eigenvalue weighted by Crippen LogP contribution is -2.36. The largest absolute Gasteiger partial charge is 0.493 e. The van der Waals surface area contributed by atoms with Gasteiger partial charge in [0.15, 0.2) is 17.6 Å². The molecule has 0 aliphatic carbocycles. The molecular weight excluding hydrogens is 344 g/mol. The van der Waals surface area contributed by atoms with Crippen molar-refractivity contribution in [1.82, 2.24) is 0 Å². The van der Waals surface area contributed by atoms with Gasteiger partial charge < -0.3 is 24.4 Å². The van der Waals surface area contributed by atoms with Crippen LogP contribution in [0.1, 0.15) is 13.3 Å². The van der Waals surface area contributed by atoms with Crippen molar-refractivity contribution in [2.45, 2.75) is 19.4 Å². The summed E-state index contributed by atoms with van der Waals surface area (Å²) in [5.41, 5.74) is 1.88. The molecule has 0 bridgehead atoms. The number of hydrogen-bond donors (Lipinski definition) is 1. The molecule has 1 saturated heterocycles. The highest BCUT2D eigenvalue weighted by Gasteiger charge is 2.20. The fourth-order valence-corrected chi connectivity index (χ4v) is 2.99. The Bertz CT molecular complexity index is 742. The number of morpholine rings is 1. The van der Waals surface area contributed by atoms with Crippen molar-refractivity contribution in [2.24, 2.45) is 0 Å². The van der Waals surface area contributed by atoms with Crippen molar-refractivity contribution < 1.29 is 19.0 Å². The van der Waals surface area contributed by atoms with Gasteiger partial charge in [-0.05, 0) is 42.8 Å². The number of benzene rings is 2. The Morgan fingerprint density at radius 1 is 1.11 bits per heavy atom. The number of amides is 1. The van der Waals surface area contributed by atoms with E-state index < -0.39 is 6.10 Å². The number of nitrogens with one attached hydrogen (secondary N) is 1. The lowest BCUT2D eigenvalue weighted by Gasteiger charge is -2.29. The van der Waals surface area contributed by atoms with Gasteiger partial charge in [0, 0.05) is 24.5 Å². The second-order valence-electron chi connectivity index (χ2n) is 6.30. The number of hydrogen-bond acceptors (Lipinski definition) is 5. The first-order valence-corrected chi connectivity index (χ1v) is 9.24. The van der Waals surface area contributed by atoms with Crippen LogP contribution in [0.4, 0.5) is 11.4 Å². The first-order valence-electron chi connectivity index (χ1n) is 9.24. The number of para-hydroxylation sites is 2. The molecule has 0 spiro atoms. The molecule has 1 heterocycles. The summed E-state index contributed by atoms with van der Waals surface area (Å²) in [6.07, 6.45) is -0.0457. The maximum Gasteiger partial charge on any atom is 0.265 e. The second-order valence-corrected chi connectivity index (χ2v) is 6.30. The Hall–Kier alpha value is -2.73. The van der Waals surface area contributed by atoms with E-state index in [1.807, 2.05) is 49.4 Å². The van der Waals surface area contributed by atoms with Gasteiger partial charge in [-0.25, -0.2) is 0 Å². The molecule has 1 aliphatic heterocycles. The molecule has 27 heavy (non-hydrogen) atoms. The second kappa shape index (κ2) is 9.28. The van der Waals surface area contributed by atoms with Crippen molar-refractivity contribution >= 4 is 17.3 Å². The number of ether oxygens (including phenoxy) is 3. The highest BCUT2D eigenvalue weighted by molar-refractivity contribution is 5.94. The van der Waals surface area contributed by atoms with E-state index in [1.165, 1.54) is 0 Å². The molecule has 0 radical (unpaired) electrons. The van der Waals surface area contributed by atoms with Crippen LogP contribution in [0.25, 0.3) is 0 Å². The van der Waals surface area contributed by atoms with Crippen molar-refractivity contribution in [3.05, 3.63) is 48.5 Å². The monoisotopic (exact) mass is 370 g/mol. The van der Waals surface area contributed by atoms with Gasteiger partial charge >= 0.3 is 0 Å². The number of nitrogens with zero attached hydrogens (tertiary/aromatic N) is 1. The molecule has 2 aromatic carbocycles. The summed E-state index contributed by atoms with van der Waals surface area (Å²) < 4.78 is 16.5. The molecule has 6 nitrogen and oxygen atoms in total. The quantitative estimate of drug-likeness (QED) is 0.810. The molecular formula is C21H26N2O4. The zero-order valence-electron chi connectivity index (χ0n) is 15.8. The minimum absolute atomic E-state index is 0.178. The molecule has 1 N–H and O–H groups in total. The molecule has 1 amide bonds. The van der Waals surface area contributed by atoms with Gasteiger partial charge in [-0.3, -0.25) is 4.79 Å². The molecule has 1 fully saturated rings. The van der Waals surface area contributed by atoms with Crippen molar-refractivity contribution in [1.29, 1.82) is 0 Å². The van der Waals surface area contributed by atoms with E-state index in [1.54, 1.807) is 13.2 Å². The molecule has 0 saturated carbocycles. The van der Waals surface area contributed by atoms with E-state index in [0.717, 1.165) is 37.7 Å². The van der Waals surface area contributed by atoms with Crippen molar-refractivity contribution in [2.75, 3.05) is 43.6 Å². The maximum atomic E-state index is 12.6. The van der Waals surface area contributed by atoms with Crippen LogP contribution in [0.5, 0.6) is 11.5 Å². The third-order valence-corrected chi connectivity index (χ3v) is 4.51. The summed E-state index contributed by atoms with van der Waals surface area (Å²) in [5.74, 6) is 0.991. The van der Waals surface area contributed by atoms with Gasteiger partial charge in [0.05, 0.1) is 20.3 Å². The zero-order valence-corrected chi connectivity index (χ0v) is 15.8. The Labute approximate surface area is 160 Å². The fraction of sp³-hybridized carbons (Fsp3) is 0.381. The third-order valence-electron chi connectivity index (χ3n) is 4.51. The molecule has 1 aliphatic rings. The highest BCUT2D eigenvalue weighted by atomic mass is 16.5. The summed E-state index contributed by atoms with van der Waals surface area (Å²) in [6, 6.07) is 15.2. The van der Waals surface area contributed by atoms with Gasteiger partial charge in [0.1, 0.15) is 0 Å². The number of methoxy groups -OCH3 is 1. The maximum absolute atomic E-state index is 12.6. The Morgan fingerprint density at radius 2 is 1.78 bits per heavy atom. The predicted molar refractivity (Wildman–Crippen MR) is 106 cm³/mol. The molecule has 1 atom stereocenters.